The molecule has 0 aromatic carbocycles. The summed E-state index contributed by atoms with van der Waals surface area (Å²) in [7, 11) is 0. The first kappa shape index (κ1) is 109. The molecule has 0 aromatic heterocycles. The van der Waals surface area contributed by atoms with E-state index < -0.39 is 0 Å². The Morgan fingerprint density at radius 1 is 0.250 bits per heavy atom. The molecule has 0 aromatic rings. The summed E-state index contributed by atoms with van der Waals surface area (Å²) < 4.78 is 39.7. The van der Waals surface area contributed by atoms with Gasteiger partial charge in [0.1, 0.15) is 0 Å². The number of hydrogen-bond acceptors (Lipinski definition) is 32. The van der Waals surface area contributed by atoms with Crippen LogP contribution in [-0.2, 0) is 33.2 Å². The SMILES string of the molecule is CSCCOCCOCCSC(SCCOCCOCCSC)SCCOCCOCCSC.SCCSCCSCCC1CCC(SCCSCCS)CC1.SCCSCCSCCCSCCCSCCSCCS.SCCSCCSCCOCCSCCSCCS. The number of thiol groups is 6. The van der Waals surface area contributed by atoms with Gasteiger partial charge in [0.2, 0.25) is 0 Å². The van der Waals surface area contributed by atoms with Crippen LogP contribution in [-0.4, -0.2) is 333 Å². The zero-order valence-corrected chi connectivity index (χ0v) is 79.9. The maximum absolute atomic E-state index is 5.71. The molecule has 1 rings (SSSR count). The monoisotopic (exact) mass is 1810 g/mol. The van der Waals surface area contributed by atoms with Gasteiger partial charge in [0, 0.05) is 155 Å². The maximum Gasteiger partial charge on any atom is 0.0958 e. The highest BCUT2D eigenvalue weighted by atomic mass is 32.3. The van der Waals surface area contributed by atoms with E-state index in [1.807, 2.05) is 118 Å². The molecule has 1 saturated carbocycles. The van der Waals surface area contributed by atoms with Gasteiger partial charge >= 0.3 is 0 Å². The fourth-order valence-electron chi connectivity index (χ4n) is 7.32. The van der Waals surface area contributed by atoms with E-state index in [1.54, 1.807) is 35.3 Å². The molecule has 0 radical (unpaired) electrons. The van der Waals surface area contributed by atoms with Crippen LogP contribution in [0.1, 0.15) is 44.9 Å². The third-order valence-electron chi connectivity index (χ3n) is 12.1. The van der Waals surface area contributed by atoms with Gasteiger partial charge < -0.3 is 33.2 Å². The maximum atomic E-state index is 5.71. The first-order chi connectivity index (χ1) is 47.5. The summed E-state index contributed by atoms with van der Waals surface area (Å²) in [6.45, 7) is 10.5. The normalized spacial score (nSPS) is 13.8. The van der Waals surface area contributed by atoms with Crippen LogP contribution in [0, 0.1) is 5.92 Å². The Bertz CT molecular complexity index is 1230. The van der Waals surface area contributed by atoms with Crippen LogP contribution in [0.3, 0.4) is 0 Å². The summed E-state index contributed by atoms with van der Waals surface area (Å²) >= 11 is 63.4. The quantitative estimate of drug-likeness (QED) is 0.0199. The van der Waals surface area contributed by atoms with Crippen molar-refractivity contribution in [2.75, 3.05) is 324 Å². The lowest BCUT2D eigenvalue weighted by molar-refractivity contribution is 0.0604. The third-order valence-corrected chi connectivity index (χ3v) is 36.5. The minimum atomic E-state index is 0.448. The van der Waals surface area contributed by atoms with Crippen LogP contribution in [0.2, 0.25) is 0 Å². The smallest absolute Gasteiger partial charge is 0.0958 e. The zero-order chi connectivity index (χ0) is 70.1. The molecule has 1 aliphatic rings. The first-order valence-electron chi connectivity index (χ1n) is 34.1. The molecule has 0 spiro atoms. The number of rotatable bonds is 78. The highest BCUT2D eigenvalue weighted by molar-refractivity contribution is 8.32. The van der Waals surface area contributed by atoms with Crippen molar-refractivity contribution in [2.45, 2.75) is 54.1 Å². The van der Waals surface area contributed by atoms with Gasteiger partial charge in [0.25, 0.3) is 0 Å². The highest BCUT2D eigenvalue weighted by Crippen LogP contribution is 2.35. The van der Waals surface area contributed by atoms with Crippen molar-refractivity contribution in [1.29, 1.82) is 0 Å². The molecule has 0 atom stereocenters. The van der Waals surface area contributed by atoms with Crippen LogP contribution < -0.4 is 0 Å². The van der Waals surface area contributed by atoms with Crippen molar-refractivity contribution in [1.82, 2.24) is 0 Å². The second-order valence-electron chi connectivity index (χ2n) is 19.9. The molecule has 1 aliphatic carbocycles. The highest BCUT2D eigenvalue weighted by Gasteiger charge is 2.21. The Balaban J connectivity index is -0.00000124. The van der Waals surface area contributed by atoms with Crippen LogP contribution in [0.5, 0.6) is 0 Å². The van der Waals surface area contributed by atoms with Gasteiger partial charge in [-0.3, -0.25) is 0 Å². The lowest BCUT2D eigenvalue weighted by Gasteiger charge is -2.28. The van der Waals surface area contributed by atoms with E-state index in [4.69, 9.17) is 33.2 Å². The molecule has 0 amide bonds. The van der Waals surface area contributed by atoms with Crippen molar-refractivity contribution in [3.63, 3.8) is 0 Å². The van der Waals surface area contributed by atoms with Crippen molar-refractivity contribution >= 4 is 299 Å². The van der Waals surface area contributed by atoms with E-state index in [2.05, 4.69) is 165 Å². The summed E-state index contributed by atoms with van der Waals surface area (Å²) in [5, 5.41) is 0.957. The fourth-order valence-corrected chi connectivity index (χ4v) is 27.1. The van der Waals surface area contributed by atoms with E-state index in [1.165, 1.54) is 177 Å². The van der Waals surface area contributed by atoms with Gasteiger partial charge in [0.15, 0.2) is 0 Å². The minimum absolute atomic E-state index is 0.448. The third kappa shape index (κ3) is 102. The van der Waals surface area contributed by atoms with Gasteiger partial charge in [-0.2, -0.15) is 264 Å². The molecule has 0 saturated heterocycles. The predicted octanol–water partition coefficient (Wildman–Crippen LogP) is 19.5. The van der Waals surface area contributed by atoms with E-state index in [0.717, 1.165) is 145 Å². The predicted molar refractivity (Wildman–Crippen MR) is 515 cm³/mol. The van der Waals surface area contributed by atoms with Gasteiger partial charge in [0.05, 0.1) is 96.4 Å². The van der Waals surface area contributed by atoms with Crippen LogP contribution >= 0.6 is 299 Å². The zero-order valence-electron chi connectivity index (χ0n) is 59.0. The summed E-state index contributed by atoms with van der Waals surface area (Å²) in [6.07, 6.45) is 16.4. The van der Waals surface area contributed by atoms with Gasteiger partial charge in [-0.1, -0.05) is 0 Å². The van der Waals surface area contributed by atoms with E-state index in [9.17, 15) is 0 Å². The number of hydrogen-bond donors (Lipinski definition) is 6. The fraction of sp³-hybridized carbons (Fsp3) is 1.00. The van der Waals surface area contributed by atoms with Crippen molar-refractivity contribution in [3.8, 4) is 0 Å². The van der Waals surface area contributed by atoms with E-state index in [0.29, 0.717) is 43.6 Å². The van der Waals surface area contributed by atoms with Crippen molar-refractivity contribution < 1.29 is 33.2 Å². The van der Waals surface area contributed by atoms with Crippen molar-refractivity contribution in [3.05, 3.63) is 0 Å². The standard InChI is InChI=1S/C22H46O6S6.C16H32S6.C14H30S7.C12H26OS6/c1-29-16-10-23-4-7-26-13-19-32-22(33-20-14-27-8-5-24-11-17-30-2)34-21-15-28-9-6-25-12-18-31-3;17-6-9-20-12-11-19-8-5-15-1-3-16(4-2-15)22-14-13-21-10-7-18;15-3-9-20-13-11-18-7-1-5-17-6-2-8-19-12-14-21-10-4-16;14-3-7-18-11-9-16-5-1-13-2-6-17-10-12-19-8-4-15/h22H,4-21H2,1-3H3;15-18H,1-14H2;15-16H,1-14H2;14-15H,1-12H2. The average Bonchev–Trinajstić information content (AvgIpc) is 1.70. The average molecular weight is 1820 g/mol. The molecule has 0 heterocycles. The largest absolute Gasteiger partial charge is 0.380 e. The molecule has 0 bridgehead atoms. The van der Waals surface area contributed by atoms with E-state index in [-0.39, 0.29) is 0 Å². The Morgan fingerprint density at radius 2 is 0.490 bits per heavy atom. The van der Waals surface area contributed by atoms with Crippen LogP contribution in [0.25, 0.3) is 0 Å². The Morgan fingerprint density at radius 3 is 0.792 bits per heavy atom. The molecule has 0 unspecified atom stereocenters. The first-order valence-corrected chi connectivity index (χ1v) is 60.1. The Labute approximate surface area is 707 Å². The Kier molecular flexibility index (Phi) is 119. The summed E-state index contributed by atoms with van der Waals surface area (Å²) in [5.74, 6) is 44.7. The summed E-state index contributed by atoms with van der Waals surface area (Å²) in [5.41, 5.74) is 0. The molecular formula is C64H134O7S25. The topological polar surface area (TPSA) is 64.6 Å². The summed E-state index contributed by atoms with van der Waals surface area (Å²) in [6, 6.07) is 0. The Hall–Kier alpha value is 8.47. The lowest BCUT2D eigenvalue weighted by atomic mass is 9.87. The molecule has 32 heteroatoms. The molecule has 96 heavy (non-hydrogen) atoms. The molecule has 7 nitrogen and oxygen atoms in total. The molecule has 0 N–H and O–H groups in total. The van der Waals surface area contributed by atoms with Crippen LogP contribution in [0.4, 0.5) is 0 Å². The van der Waals surface area contributed by atoms with Gasteiger partial charge in [-0.25, -0.2) is 0 Å². The second kappa shape index (κ2) is 106. The minimum Gasteiger partial charge on any atom is -0.380 e. The molecule has 1 fully saturated rings. The molecule has 582 valence electrons. The van der Waals surface area contributed by atoms with Crippen molar-refractivity contribution in [2.24, 2.45) is 5.92 Å². The van der Waals surface area contributed by atoms with E-state index >= 15 is 0 Å². The summed E-state index contributed by atoms with van der Waals surface area (Å²) in [4.78, 5) is 0. The van der Waals surface area contributed by atoms with Gasteiger partial charge in [-0.05, 0) is 133 Å². The second-order valence-corrected chi connectivity index (χ2v) is 46.1. The van der Waals surface area contributed by atoms with Crippen LogP contribution in [0.15, 0.2) is 0 Å². The molecule has 0 aliphatic heterocycles. The van der Waals surface area contributed by atoms with Gasteiger partial charge in [-0.15, -0.1) is 35.3 Å². The lowest BCUT2D eigenvalue weighted by Crippen LogP contribution is -2.17. The number of ether oxygens (including phenoxy) is 7. The number of thioether (sulfide) groups is 19. The molecular weight excluding hydrogens is 1680 g/mol.